The van der Waals surface area contributed by atoms with Gasteiger partial charge in [-0.05, 0) is 59.7 Å². The zero-order valence-corrected chi connectivity index (χ0v) is 27.3. The quantitative estimate of drug-likeness (QED) is 0.177. The Hall–Kier alpha value is -8.04. The summed E-state index contributed by atoms with van der Waals surface area (Å²) in [6.45, 7) is 0. The van der Waals surface area contributed by atoms with Crippen LogP contribution < -0.4 is 0 Å². The van der Waals surface area contributed by atoms with Gasteiger partial charge in [0.1, 0.15) is 0 Å². The molecule has 52 heavy (non-hydrogen) atoms. The van der Waals surface area contributed by atoms with E-state index in [0.29, 0.717) is 89.4 Å². The van der Waals surface area contributed by atoms with Gasteiger partial charge in [-0.15, -0.1) is 0 Å². The lowest BCUT2D eigenvalue weighted by Crippen LogP contribution is -1.99. The molecule has 8 rings (SSSR count). The van der Waals surface area contributed by atoms with Crippen molar-refractivity contribution in [2.45, 2.75) is 0 Å². The van der Waals surface area contributed by atoms with Crippen LogP contribution >= 0.6 is 0 Å². The summed E-state index contributed by atoms with van der Waals surface area (Å²) in [6.07, 6.45) is 0. The average molecular weight is 663 g/mol. The van der Waals surface area contributed by atoms with E-state index in [4.69, 9.17) is 19.9 Å². The van der Waals surface area contributed by atoms with Crippen LogP contribution in [-0.2, 0) is 0 Å². The van der Waals surface area contributed by atoms with E-state index < -0.39 is 0 Å². The molecule has 0 fully saturated rings. The normalized spacial score (nSPS) is 10.6. The van der Waals surface area contributed by atoms with Crippen molar-refractivity contribution in [1.82, 2.24) is 19.9 Å². The molecule has 0 aliphatic heterocycles. The van der Waals surface area contributed by atoms with Gasteiger partial charge in [-0.2, -0.15) is 21.0 Å². The number of nitriles is 4. The van der Waals surface area contributed by atoms with E-state index >= 15 is 0 Å². The lowest BCUT2D eigenvalue weighted by Gasteiger charge is -2.14. The fourth-order valence-electron chi connectivity index (χ4n) is 6.37. The molecule has 0 N–H and O–H groups in total. The molecule has 8 nitrogen and oxygen atoms in total. The Bertz CT molecular complexity index is 2720. The van der Waals surface area contributed by atoms with Crippen LogP contribution in [0.1, 0.15) is 22.3 Å². The molecule has 2 heterocycles. The Morgan fingerprint density at radius 1 is 0.308 bits per heavy atom. The van der Waals surface area contributed by atoms with E-state index in [0.717, 1.165) is 11.1 Å². The van der Waals surface area contributed by atoms with Gasteiger partial charge >= 0.3 is 0 Å². The number of hydrogen-bond acceptors (Lipinski definition) is 8. The molecule has 0 atom stereocenters. The zero-order valence-electron chi connectivity index (χ0n) is 27.3. The predicted molar refractivity (Wildman–Crippen MR) is 199 cm³/mol. The average Bonchev–Trinajstić information content (AvgIpc) is 3.22. The maximum Gasteiger partial charge on any atom is 0.0998 e. The van der Waals surface area contributed by atoms with Gasteiger partial charge in [0.05, 0.1) is 91.4 Å². The number of aromatic nitrogens is 4. The molecule has 0 saturated carbocycles. The maximum atomic E-state index is 9.97. The highest BCUT2D eigenvalue weighted by Crippen LogP contribution is 2.37. The topological polar surface area (TPSA) is 147 Å². The fourth-order valence-corrected chi connectivity index (χ4v) is 6.37. The Morgan fingerprint density at radius 2 is 0.577 bits per heavy atom. The van der Waals surface area contributed by atoms with Gasteiger partial charge in [-0.1, -0.05) is 84.9 Å². The first-order valence-corrected chi connectivity index (χ1v) is 16.2. The molecule has 0 radical (unpaired) electrons. The van der Waals surface area contributed by atoms with E-state index in [-0.39, 0.29) is 0 Å². The first kappa shape index (κ1) is 31.2. The Labute approximate surface area is 298 Å². The molecule has 8 aromatic rings. The number of rotatable bonds is 5. The SMILES string of the molecule is N#Cc1ccccc1-c1nc2ccc(-c3ccc4nc(-c5ccccc5C#N)c(-c5ccccc5C#N)nc4c3)cc2nc1-c1ccccc1C#N. The van der Waals surface area contributed by atoms with Gasteiger partial charge < -0.3 is 0 Å². The van der Waals surface area contributed by atoms with Gasteiger partial charge in [-0.3, -0.25) is 0 Å². The second-order valence-corrected chi connectivity index (χ2v) is 11.9. The molecule has 0 spiro atoms. The summed E-state index contributed by atoms with van der Waals surface area (Å²) in [6, 6.07) is 49.5. The summed E-state index contributed by atoms with van der Waals surface area (Å²) in [5.41, 5.74) is 10.5. The smallest absolute Gasteiger partial charge is 0.0998 e. The van der Waals surface area contributed by atoms with Crippen LogP contribution in [-0.4, -0.2) is 19.9 Å². The van der Waals surface area contributed by atoms with Crippen LogP contribution in [0.25, 0.3) is 78.2 Å². The third kappa shape index (κ3) is 5.42. The van der Waals surface area contributed by atoms with Crippen molar-refractivity contribution in [2.24, 2.45) is 0 Å². The first-order valence-electron chi connectivity index (χ1n) is 16.2. The highest BCUT2D eigenvalue weighted by Gasteiger charge is 2.21. The largest absolute Gasteiger partial charge is 0.244 e. The molecule has 6 aromatic carbocycles. The first-order chi connectivity index (χ1) is 25.6. The lowest BCUT2D eigenvalue weighted by atomic mass is 9.96. The van der Waals surface area contributed by atoms with Crippen molar-refractivity contribution >= 4 is 22.1 Å². The second kappa shape index (κ2) is 13.1. The summed E-state index contributed by atoms with van der Waals surface area (Å²) in [5.74, 6) is 0. The van der Waals surface area contributed by atoms with E-state index in [1.807, 2.05) is 84.9 Å². The number of hydrogen-bond donors (Lipinski definition) is 0. The summed E-state index contributed by atoms with van der Waals surface area (Å²) in [7, 11) is 0. The number of benzene rings is 6. The van der Waals surface area contributed by atoms with Gasteiger partial charge in [0.15, 0.2) is 0 Å². The predicted octanol–water partition coefficient (Wildman–Crippen LogP) is 9.39. The summed E-state index contributed by atoms with van der Waals surface area (Å²) in [5, 5.41) is 39.8. The van der Waals surface area contributed by atoms with Crippen LogP contribution in [0.3, 0.4) is 0 Å². The lowest BCUT2D eigenvalue weighted by molar-refractivity contribution is 1.28. The third-order valence-electron chi connectivity index (χ3n) is 8.87. The third-order valence-corrected chi connectivity index (χ3v) is 8.87. The van der Waals surface area contributed by atoms with Crippen molar-refractivity contribution in [2.75, 3.05) is 0 Å². The van der Waals surface area contributed by atoms with Crippen LogP contribution in [0.4, 0.5) is 0 Å². The highest BCUT2D eigenvalue weighted by atomic mass is 14.8. The maximum absolute atomic E-state index is 9.97. The molecule has 0 bridgehead atoms. The molecule has 2 aromatic heterocycles. The number of fused-ring (bicyclic) bond motifs is 2. The Balaban J connectivity index is 1.32. The fraction of sp³-hybridized carbons (Fsp3) is 0. The standard InChI is InChI=1S/C44H22N8/c45-23-29-9-1-5-13-33(29)41-43(35-15-7-3-11-31(35)25-47)51-39-21-27(17-19-37(39)49-41)28-18-20-38-40(22-28)52-44(36-16-8-4-12-32(36)26-48)42(50-38)34-14-6-2-10-30(34)24-46/h1-22H. The Morgan fingerprint density at radius 3 is 0.865 bits per heavy atom. The summed E-state index contributed by atoms with van der Waals surface area (Å²) in [4.78, 5) is 20.2. The molecule has 0 amide bonds. The van der Waals surface area contributed by atoms with E-state index in [2.05, 4.69) is 24.3 Å². The minimum Gasteiger partial charge on any atom is -0.244 e. The van der Waals surface area contributed by atoms with E-state index in [1.165, 1.54) is 0 Å². The molecule has 238 valence electrons. The zero-order chi connectivity index (χ0) is 35.6. The minimum atomic E-state index is 0.446. The van der Waals surface area contributed by atoms with Crippen LogP contribution in [0, 0.1) is 45.3 Å². The van der Waals surface area contributed by atoms with Crippen LogP contribution in [0.5, 0.6) is 0 Å². The van der Waals surface area contributed by atoms with Crippen LogP contribution in [0.2, 0.25) is 0 Å². The van der Waals surface area contributed by atoms with E-state index in [1.54, 1.807) is 48.5 Å². The molecule has 8 heteroatoms. The van der Waals surface area contributed by atoms with Crippen molar-refractivity contribution in [3.05, 3.63) is 156 Å². The van der Waals surface area contributed by atoms with Crippen molar-refractivity contribution in [1.29, 1.82) is 21.0 Å². The van der Waals surface area contributed by atoms with Crippen molar-refractivity contribution < 1.29 is 0 Å². The van der Waals surface area contributed by atoms with Gasteiger partial charge in [0.25, 0.3) is 0 Å². The highest BCUT2D eigenvalue weighted by molar-refractivity contribution is 5.94. The summed E-state index contributed by atoms with van der Waals surface area (Å²) >= 11 is 0. The van der Waals surface area contributed by atoms with Gasteiger partial charge in [0, 0.05) is 22.3 Å². The van der Waals surface area contributed by atoms with Gasteiger partial charge in [0.2, 0.25) is 0 Å². The minimum absolute atomic E-state index is 0.446. The Kier molecular flexibility index (Phi) is 7.88. The molecule has 0 unspecified atom stereocenters. The van der Waals surface area contributed by atoms with Crippen molar-refractivity contribution in [3.63, 3.8) is 0 Å². The van der Waals surface area contributed by atoms with Gasteiger partial charge in [-0.25, -0.2) is 19.9 Å². The molecule has 0 aliphatic carbocycles. The monoisotopic (exact) mass is 662 g/mol. The van der Waals surface area contributed by atoms with Crippen LogP contribution in [0.15, 0.2) is 133 Å². The van der Waals surface area contributed by atoms with E-state index in [9.17, 15) is 21.0 Å². The molecule has 0 aliphatic rings. The molecular weight excluding hydrogens is 641 g/mol. The van der Waals surface area contributed by atoms with Crippen molar-refractivity contribution in [3.8, 4) is 80.4 Å². The number of nitrogens with zero attached hydrogens (tertiary/aromatic N) is 8. The molecule has 0 saturated heterocycles. The molecular formula is C44H22N8. The second-order valence-electron chi connectivity index (χ2n) is 11.9. The summed E-state index contributed by atoms with van der Waals surface area (Å²) < 4.78 is 0.